The van der Waals surface area contributed by atoms with Gasteiger partial charge in [0.15, 0.2) is 11.5 Å². The van der Waals surface area contributed by atoms with Gasteiger partial charge in [0.05, 0.1) is 42.2 Å². The summed E-state index contributed by atoms with van der Waals surface area (Å²) in [6.07, 6.45) is 7.73. The van der Waals surface area contributed by atoms with Gasteiger partial charge in [-0.3, -0.25) is 23.8 Å². The maximum Gasteiger partial charge on any atom is 0.297 e. The molecule has 4 heterocycles. The van der Waals surface area contributed by atoms with Gasteiger partial charge in [0.2, 0.25) is 11.7 Å². The molecule has 33 heavy (non-hydrogen) atoms. The largest absolute Gasteiger partial charge is 0.501 e. The van der Waals surface area contributed by atoms with Crippen LogP contribution in [-0.4, -0.2) is 52.4 Å². The lowest BCUT2D eigenvalue weighted by Gasteiger charge is -2.21. The van der Waals surface area contributed by atoms with Gasteiger partial charge in [-0.25, -0.2) is 9.97 Å². The van der Waals surface area contributed by atoms with E-state index in [2.05, 4.69) is 25.2 Å². The third-order valence-corrected chi connectivity index (χ3v) is 5.07. The Hall–Kier alpha value is -4.35. The number of carbonyl (C=O) groups is 1. The SMILES string of the molecule is Cc1nn(C)cc1-c1cncc(CN(C)c2nc(C(=O)Cc3cnoc3)c(O)c(=O)n2C)n1. The Balaban J connectivity index is 1.63. The predicted molar refractivity (Wildman–Crippen MR) is 117 cm³/mol. The van der Waals surface area contributed by atoms with Crippen molar-refractivity contribution in [2.75, 3.05) is 11.9 Å². The lowest BCUT2D eigenvalue weighted by atomic mass is 10.1. The Bertz CT molecular complexity index is 1370. The van der Waals surface area contributed by atoms with Gasteiger partial charge in [0.1, 0.15) is 6.26 Å². The molecule has 0 aliphatic heterocycles. The predicted octanol–water partition coefficient (Wildman–Crippen LogP) is 1.03. The van der Waals surface area contributed by atoms with E-state index < -0.39 is 17.1 Å². The number of hydrogen-bond acceptors (Lipinski definition) is 10. The second-order valence-electron chi connectivity index (χ2n) is 7.66. The molecule has 0 unspecified atom stereocenters. The van der Waals surface area contributed by atoms with Gasteiger partial charge in [0, 0.05) is 44.9 Å². The van der Waals surface area contributed by atoms with E-state index >= 15 is 0 Å². The fraction of sp³-hybridized carbons (Fsp3) is 0.286. The minimum Gasteiger partial charge on any atom is -0.501 e. The molecule has 4 rings (SSSR count). The minimum atomic E-state index is -0.730. The van der Waals surface area contributed by atoms with Gasteiger partial charge in [-0.15, -0.1) is 0 Å². The molecule has 0 bridgehead atoms. The zero-order valence-corrected chi connectivity index (χ0v) is 18.6. The summed E-state index contributed by atoms with van der Waals surface area (Å²) in [6.45, 7) is 2.15. The highest BCUT2D eigenvalue weighted by atomic mass is 16.5. The fourth-order valence-electron chi connectivity index (χ4n) is 3.47. The summed E-state index contributed by atoms with van der Waals surface area (Å²) in [5.41, 5.74) is 2.46. The van der Waals surface area contributed by atoms with Crippen molar-refractivity contribution in [1.29, 1.82) is 0 Å². The molecular weight excluding hydrogens is 428 g/mol. The van der Waals surface area contributed by atoms with Gasteiger partial charge in [0.25, 0.3) is 5.56 Å². The number of carbonyl (C=O) groups excluding carboxylic acids is 1. The summed E-state index contributed by atoms with van der Waals surface area (Å²) in [5, 5.41) is 18.1. The van der Waals surface area contributed by atoms with E-state index in [9.17, 15) is 14.7 Å². The molecule has 0 saturated heterocycles. The summed E-state index contributed by atoms with van der Waals surface area (Å²) in [5.74, 6) is -1.04. The van der Waals surface area contributed by atoms with Crippen LogP contribution in [0.4, 0.5) is 5.95 Å². The monoisotopic (exact) mass is 450 g/mol. The van der Waals surface area contributed by atoms with E-state index in [0.717, 1.165) is 11.3 Å². The zero-order chi connectivity index (χ0) is 23.7. The van der Waals surface area contributed by atoms with Crippen LogP contribution in [0.15, 0.2) is 40.4 Å². The van der Waals surface area contributed by atoms with Crippen molar-refractivity contribution in [2.45, 2.75) is 19.9 Å². The number of hydrogen-bond donors (Lipinski definition) is 1. The summed E-state index contributed by atoms with van der Waals surface area (Å²) in [7, 11) is 5.01. The van der Waals surface area contributed by atoms with Crippen molar-refractivity contribution in [3.8, 4) is 17.0 Å². The summed E-state index contributed by atoms with van der Waals surface area (Å²) in [6, 6.07) is 0. The molecule has 1 N–H and O–H groups in total. The van der Waals surface area contributed by atoms with Crippen LogP contribution >= 0.6 is 0 Å². The fourth-order valence-corrected chi connectivity index (χ4v) is 3.47. The van der Waals surface area contributed by atoms with Crippen LogP contribution in [0.5, 0.6) is 5.75 Å². The summed E-state index contributed by atoms with van der Waals surface area (Å²) >= 11 is 0. The molecule has 0 atom stereocenters. The molecule has 0 spiro atoms. The van der Waals surface area contributed by atoms with Crippen LogP contribution in [0, 0.1) is 6.92 Å². The van der Waals surface area contributed by atoms with Gasteiger partial charge in [-0.05, 0) is 6.92 Å². The Labute approximate surface area is 188 Å². The number of nitrogens with zero attached hydrogens (tertiary/aromatic N) is 8. The number of aromatic nitrogens is 7. The van der Waals surface area contributed by atoms with Crippen molar-refractivity contribution >= 4 is 11.7 Å². The number of anilines is 1. The van der Waals surface area contributed by atoms with Gasteiger partial charge < -0.3 is 14.5 Å². The minimum absolute atomic E-state index is 0.113. The van der Waals surface area contributed by atoms with E-state index in [1.165, 1.54) is 24.1 Å². The maximum atomic E-state index is 12.7. The topological polar surface area (TPSA) is 145 Å². The van der Waals surface area contributed by atoms with Crippen LogP contribution in [0.25, 0.3) is 11.3 Å². The van der Waals surface area contributed by atoms with Gasteiger partial charge >= 0.3 is 0 Å². The molecule has 12 heteroatoms. The highest BCUT2D eigenvalue weighted by Gasteiger charge is 2.22. The first-order valence-corrected chi connectivity index (χ1v) is 9.98. The van der Waals surface area contributed by atoms with E-state index in [4.69, 9.17) is 4.52 Å². The van der Waals surface area contributed by atoms with Crippen LogP contribution in [0.2, 0.25) is 0 Å². The molecule has 0 radical (unpaired) electrons. The molecular formula is C21H22N8O4. The second-order valence-corrected chi connectivity index (χ2v) is 7.66. The van der Waals surface area contributed by atoms with E-state index in [1.807, 2.05) is 20.2 Å². The van der Waals surface area contributed by atoms with Crippen molar-refractivity contribution in [1.82, 2.24) is 34.5 Å². The van der Waals surface area contributed by atoms with Crippen LogP contribution in [-0.2, 0) is 27.1 Å². The molecule has 0 aromatic carbocycles. The first-order valence-electron chi connectivity index (χ1n) is 9.98. The first-order chi connectivity index (χ1) is 15.7. The lowest BCUT2D eigenvalue weighted by molar-refractivity contribution is 0.0984. The Kier molecular flexibility index (Phi) is 5.73. The van der Waals surface area contributed by atoms with E-state index in [-0.39, 0.29) is 24.6 Å². The standard InChI is InChI=1S/C21H22N8O4/c1-12-15(10-28(3)26-12)16-8-22-7-14(24-16)9-27(2)21-25-18(19(31)20(32)29(21)4)17(30)5-13-6-23-33-11-13/h6-8,10-11,31H,5,9H2,1-4H3. The molecule has 170 valence electrons. The highest BCUT2D eigenvalue weighted by molar-refractivity contribution is 5.98. The van der Waals surface area contributed by atoms with Crippen LogP contribution < -0.4 is 10.5 Å². The van der Waals surface area contributed by atoms with Crippen molar-refractivity contribution in [3.63, 3.8) is 0 Å². The number of aromatic hydroxyl groups is 1. The van der Waals surface area contributed by atoms with Gasteiger partial charge in [-0.2, -0.15) is 5.10 Å². The zero-order valence-electron chi connectivity index (χ0n) is 18.6. The van der Waals surface area contributed by atoms with Crippen molar-refractivity contribution in [3.05, 3.63) is 64.0 Å². The van der Waals surface area contributed by atoms with Crippen LogP contribution in [0.1, 0.15) is 27.4 Å². The number of ketones is 1. The molecule has 4 aromatic rings. The molecule has 4 aromatic heterocycles. The Morgan fingerprint density at radius 2 is 2.00 bits per heavy atom. The van der Waals surface area contributed by atoms with Crippen molar-refractivity contribution < 1.29 is 14.4 Å². The molecule has 0 aliphatic rings. The summed E-state index contributed by atoms with van der Waals surface area (Å²) < 4.78 is 7.61. The average Bonchev–Trinajstić information content (AvgIpc) is 3.41. The average molecular weight is 450 g/mol. The number of Topliss-reactive ketones (excluding diaryl/α,β-unsaturated/α-hetero) is 1. The second kappa shape index (κ2) is 8.65. The third kappa shape index (κ3) is 4.35. The normalized spacial score (nSPS) is 11.0. The molecule has 12 nitrogen and oxygen atoms in total. The maximum absolute atomic E-state index is 12.7. The molecule has 0 amide bonds. The smallest absolute Gasteiger partial charge is 0.297 e. The number of aryl methyl sites for hydroxylation is 2. The Morgan fingerprint density at radius 1 is 1.21 bits per heavy atom. The highest BCUT2D eigenvalue weighted by Crippen LogP contribution is 2.21. The lowest BCUT2D eigenvalue weighted by Crippen LogP contribution is -2.30. The van der Waals surface area contributed by atoms with Crippen LogP contribution in [0.3, 0.4) is 0 Å². The first kappa shape index (κ1) is 21.9. The van der Waals surface area contributed by atoms with E-state index in [1.54, 1.807) is 29.0 Å². The van der Waals surface area contributed by atoms with Crippen molar-refractivity contribution in [2.24, 2.45) is 14.1 Å². The molecule has 0 fully saturated rings. The Morgan fingerprint density at radius 3 is 2.67 bits per heavy atom. The third-order valence-electron chi connectivity index (χ3n) is 5.07. The molecule has 0 saturated carbocycles. The summed E-state index contributed by atoms with van der Waals surface area (Å²) in [4.78, 5) is 40.1. The molecule has 0 aliphatic carbocycles. The number of rotatable bonds is 7. The quantitative estimate of drug-likeness (QED) is 0.405. The van der Waals surface area contributed by atoms with Gasteiger partial charge in [-0.1, -0.05) is 5.16 Å². The van der Waals surface area contributed by atoms with E-state index in [0.29, 0.717) is 17.0 Å².